The minimum absolute atomic E-state index is 0.372. The Morgan fingerprint density at radius 2 is 0.889 bits per heavy atom. The van der Waals surface area contributed by atoms with E-state index in [0.717, 1.165) is 31.4 Å². The van der Waals surface area contributed by atoms with Crippen LogP contribution in [-0.4, -0.2) is 25.2 Å². The first kappa shape index (κ1) is 25.7. The third-order valence-electron chi connectivity index (χ3n) is 4.55. The molecule has 0 unspecified atom stereocenters. The first-order chi connectivity index (χ1) is 13.2. The highest BCUT2D eigenvalue weighted by atomic mass is 16.5. The van der Waals surface area contributed by atoms with Gasteiger partial charge < -0.3 is 9.47 Å². The standard InChI is InChI=1S/C23H42O4/c1-3-5-6-7-8-9-10-11-12-13-14-15-16-17-21-27-23(25)19-18-22(24)26-20-4-2/h18-19H,3-17,20-21H2,1-2H3/b19-18+. The number of rotatable bonds is 19. The van der Waals surface area contributed by atoms with Gasteiger partial charge in [0.1, 0.15) is 0 Å². The Balaban J connectivity index is 3.27. The maximum absolute atomic E-state index is 11.4. The van der Waals surface area contributed by atoms with E-state index < -0.39 is 11.9 Å². The third kappa shape index (κ3) is 20.8. The summed E-state index contributed by atoms with van der Waals surface area (Å²) in [4.78, 5) is 22.6. The van der Waals surface area contributed by atoms with E-state index in [2.05, 4.69) is 6.92 Å². The molecule has 0 saturated carbocycles. The van der Waals surface area contributed by atoms with E-state index in [1.165, 1.54) is 77.0 Å². The number of carbonyl (C=O) groups is 2. The van der Waals surface area contributed by atoms with Crippen molar-refractivity contribution in [2.45, 2.75) is 110 Å². The number of esters is 2. The third-order valence-corrected chi connectivity index (χ3v) is 4.55. The fourth-order valence-corrected chi connectivity index (χ4v) is 2.90. The zero-order valence-electron chi connectivity index (χ0n) is 17.8. The molecule has 0 aromatic rings. The van der Waals surface area contributed by atoms with E-state index in [0.29, 0.717) is 13.2 Å². The lowest BCUT2D eigenvalue weighted by Crippen LogP contribution is -2.05. The number of hydrogen-bond acceptors (Lipinski definition) is 4. The van der Waals surface area contributed by atoms with Crippen molar-refractivity contribution in [3.63, 3.8) is 0 Å². The highest BCUT2D eigenvalue weighted by molar-refractivity contribution is 5.91. The molecule has 0 aromatic heterocycles. The predicted octanol–water partition coefficient (Wildman–Crippen LogP) is 6.52. The van der Waals surface area contributed by atoms with Crippen molar-refractivity contribution in [1.82, 2.24) is 0 Å². The molecule has 0 spiro atoms. The summed E-state index contributed by atoms with van der Waals surface area (Å²) >= 11 is 0. The Hall–Kier alpha value is -1.32. The molecule has 0 rings (SSSR count). The van der Waals surface area contributed by atoms with Crippen molar-refractivity contribution in [3.05, 3.63) is 12.2 Å². The molecule has 4 heteroatoms. The summed E-state index contributed by atoms with van der Waals surface area (Å²) in [5.74, 6) is -0.969. The van der Waals surface area contributed by atoms with Crippen molar-refractivity contribution < 1.29 is 19.1 Å². The van der Waals surface area contributed by atoms with E-state index >= 15 is 0 Å². The summed E-state index contributed by atoms with van der Waals surface area (Å²) in [5.41, 5.74) is 0. The normalized spacial score (nSPS) is 11.0. The molecule has 0 heterocycles. The smallest absolute Gasteiger partial charge is 0.331 e. The maximum Gasteiger partial charge on any atom is 0.331 e. The van der Waals surface area contributed by atoms with Gasteiger partial charge in [-0.25, -0.2) is 9.59 Å². The topological polar surface area (TPSA) is 52.6 Å². The van der Waals surface area contributed by atoms with Crippen molar-refractivity contribution in [1.29, 1.82) is 0 Å². The molecule has 0 N–H and O–H groups in total. The van der Waals surface area contributed by atoms with Gasteiger partial charge in [-0.1, -0.05) is 97.3 Å². The number of carbonyl (C=O) groups excluding carboxylic acids is 2. The summed E-state index contributed by atoms with van der Waals surface area (Å²) in [7, 11) is 0. The largest absolute Gasteiger partial charge is 0.463 e. The first-order valence-corrected chi connectivity index (χ1v) is 11.2. The molecule has 0 aromatic carbocycles. The lowest BCUT2D eigenvalue weighted by Gasteiger charge is -2.04. The van der Waals surface area contributed by atoms with Crippen LogP contribution in [0.3, 0.4) is 0 Å². The highest BCUT2D eigenvalue weighted by Gasteiger charge is 2.00. The van der Waals surface area contributed by atoms with Crippen LogP contribution < -0.4 is 0 Å². The van der Waals surface area contributed by atoms with Crippen molar-refractivity contribution in [2.75, 3.05) is 13.2 Å². The zero-order chi connectivity index (χ0) is 20.0. The summed E-state index contributed by atoms with van der Waals surface area (Å²) in [6, 6.07) is 0. The molecule has 0 amide bonds. The van der Waals surface area contributed by atoms with Crippen LogP contribution in [0.25, 0.3) is 0 Å². The Morgan fingerprint density at radius 3 is 1.30 bits per heavy atom. The van der Waals surface area contributed by atoms with Crippen LogP contribution in [0.1, 0.15) is 110 Å². The quantitative estimate of drug-likeness (QED) is 0.145. The first-order valence-electron chi connectivity index (χ1n) is 11.2. The summed E-state index contributed by atoms with van der Waals surface area (Å²) < 4.78 is 9.91. The van der Waals surface area contributed by atoms with Gasteiger partial charge >= 0.3 is 11.9 Å². The highest BCUT2D eigenvalue weighted by Crippen LogP contribution is 2.12. The van der Waals surface area contributed by atoms with Crippen LogP contribution in [0.4, 0.5) is 0 Å². The molecular weight excluding hydrogens is 340 g/mol. The average Bonchev–Trinajstić information content (AvgIpc) is 2.67. The molecule has 0 aliphatic carbocycles. The minimum atomic E-state index is -0.495. The van der Waals surface area contributed by atoms with Gasteiger partial charge in [-0.3, -0.25) is 0 Å². The fourth-order valence-electron chi connectivity index (χ4n) is 2.90. The molecule has 0 aliphatic heterocycles. The zero-order valence-corrected chi connectivity index (χ0v) is 17.8. The van der Waals surface area contributed by atoms with Gasteiger partial charge in [0, 0.05) is 12.2 Å². The molecule has 27 heavy (non-hydrogen) atoms. The fraction of sp³-hybridized carbons (Fsp3) is 0.826. The van der Waals surface area contributed by atoms with Gasteiger partial charge in [0.05, 0.1) is 13.2 Å². The number of ether oxygens (including phenoxy) is 2. The minimum Gasteiger partial charge on any atom is -0.463 e. The second kappa shape index (κ2) is 21.0. The van der Waals surface area contributed by atoms with Gasteiger partial charge in [-0.2, -0.15) is 0 Å². The molecule has 4 nitrogen and oxygen atoms in total. The van der Waals surface area contributed by atoms with Crippen LogP contribution in [0.5, 0.6) is 0 Å². The van der Waals surface area contributed by atoms with E-state index in [1.54, 1.807) is 0 Å². The molecule has 0 saturated heterocycles. The molecule has 0 aliphatic rings. The van der Waals surface area contributed by atoms with E-state index in [9.17, 15) is 9.59 Å². The monoisotopic (exact) mass is 382 g/mol. The molecule has 158 valence electrons. The Bertz CT molecular complexity index is 377. The molecule has 0 atom stereocenters. The Kier molecular flexibility index (Phi) is 20.0. The van der Waals surface area contributed by atoms with Crippen molar-refractivity contribution >= 4 is 11.9 Å². The number of unbranched alkanes of at least 4 members (excludes halogenated alkanes) is 13. The van der Waals surface area contributed by atoms with Crippen LogP contribution in [0.15, 0.2) is 12.2 Å². The van der Waals surface area contributed by atoms with Gasteiger partial charge in [-0.15, -0.1) is 0 Å². The van der Waals surface area contributed by atoms with Crippen LogP contribution in [-0.2, 0) is 19.1 Å². The molecule has 0 bridgehead atoms. The lowest BCUT2D eigenvalue weighted by atomic mass is 10.0. The lowest BCUT2D eigenvalue weighted by molar-refractivity contribution is -0.140. The van der Waals surface area contributed by atoms with Crippen LogP contribution in [0.2, 0.25) is 0 Å². The van der Waals surface area contributed by atoms with Crippen molar-refractivity contribution in [2.24, 2.45) is 0 Å². The predicted molar refractivity (Wildman–Crippen MR) is 112 cm³/mol. The Morgan fingerprint density at radius 1 is 0.519 bits per heavy atom. The van der Waals surface area contributed by atoms with E-state index in [4.69, 9.17) is 9.47 Å². The summed E-state index contributed by atoms with van der Waals surface area (Å²) in [6.45, 7) is 4.98. The van der Waals surface area contributed by atoms with E-state index in [-0.39, 0.29) is 0 Å². The second-order valence-electron chi connectivity index (χ2n) is 7.26. The van der Waals surface area contributed by atoms with Gasteiger partial charge in [-0.05, 0) is 12.8 Å². The van der Waals surface area contributed by atoms with Gasteiger partial charge in [0.15, 0.2) is 0 Å². The SMILES string of the molecule is CCCCCCCCCCCCCCCCOC(=O)/C=C/C(=O)OCCC. The van der Waals surface area contributed by atoms with Gasteiger partial charge in [0.25, 0.3) is 0 Å². The molecule has 0 fully saturated rings. The van der Waals surface area contributed by atoms with Gasteiger partial charge in [0.2, 0.25) is 0 Å². The average molecular weight is 383 g/mol. The van der Waals surface area contributed by atoms with Crippen LogP contribution >= 0.6 is 0 Å². The summed E-state index contributed by atoms with van der Waals surface area (Å²) in [6.07, 6.45) is 21.3. The summed E-state index contributed by atoms with van der Waals surface area (Å²) in [5, 5.41) is 0. The number of hydrogen-bond donors (Lipinski definition) is 0. The molecular formula is C23H42O4. The van der Waals surface area contributed by atoms with Crippen LogP contribution in [0, 0.1) is 0 Å². The maximum atomic E-state index is 11.4. The second-order valence-corrected chi connectivity index (χ2v) is 7.26. The molecule has 0 radical (unpaired) electrons. The van der Waals surface area contributed by atoms with Crippen molar-refractivity contribution in [3.8, 4) is 0 Å². The van der Waals surface area contributed by atoms with E-state index in [1.807, 2.05) is 6.92 Å². The Labute approximate surface area is 167 Å².